The summed E-state index contributed by atoms with van der Waals surface area (Å²) >= 11 is 0. The fourth-order valence-electron chi connectivity index (χ4n) is 6.48. The predicted molar refractivity (Wildman–Crippen MR) is 206 cm³/mol. The van der Waals surface area contributed by atoms with Crippen molar-refractivity contribution < 1.29 is 97.9 Å². The molecule has 9 N–H and O–H groups in total. The van der Waals surface area contributed by atoms with Gasteiger partial charge in [0.15, 0.2) is 24.3 Å². The molecular weight excluding hydrogens is 816 g/mol. The van der Waals surface area contributed by atoms with E-state index in [1.54, 1.807) is 19.9 Å². The normalized spacial score (nSPS) is 28.0. The number of aromatic hydroxyl groups is 1. The van der Waals surface area contributed by atoms with E-state index in [0.717, 1.165) is 25.7 Å². The maximum absolute atomic E-state index is 14.8. The van der Waals surface area contributed by atoms with Crippen LogP contribution >= 0.6 is 0 Å². The lowest BCUT2D eigenvalue weighted by Gasteiger charge is -2.42. The fourth-order valence-corrected chi connectivity index (χ4v) is 6.48. The average molecular weight is 867 g/mol. The Kier molecular flexibility index (Phi) is 15.3. The molecule has 5 rings (SSSR count). The molecule has 0 saturated carbocycles. The van der Waals surface area contributed by atoms with E-state index in [1.165, 1.54) is 38.3 Å². The molecule has 2 aromatic carbocycles. The number of carboxylic acids is 1. The van der Waals surface area contributed by atoms with Crippen LogP contribution in [0.5, 0.6) is 23.0 Å². The second kappa shape index (κ2) is 19.9. The number of carbonyl (C=O) groups excluding carboxylic acids is 1. The van der Waals surface area contributed by atoms with Gasteiger partial charge < -0.3 is 88.3 Å². The van der Waals surface area contributed by atoms with Crippen LogP contribution in [0.15, 0.2) is 51.2 Å². The van der Waals surface area contributed by atoms with E-state index in [2.05, 4.69) is 4.74 Å². The van der Waals surface area contributed by atoms with Crippen LogP contribution in [0, 0.1) is 0 Å². The van der Waals surface area contributed by atoms with Gasteiger partial charge in [0.25, 0.3) is 0 Å². The lowest BCUT2D eigenvalue weighted by atomic mass is 9.99. The summed E-state index contributed by atoms with van der Waals surface area (Å²) in [6.45, 7) is 5.20. The number of carbonyl (C=O) groups is 2. The van der Waals surface area contributed by atoms with Gasteiger partial charge in [0.1, 0.15) is 64.8 Å². The van der Waals surface area contributed by atoms with Gasteiger partial charge in [-0.1, -0.05) is 11.6 Å². The third kappa shape index (κ3) is 10.1. The minimum atomic E-state index is -2.31. The van der Waals surface area contributed by atoms with E-state index in [0.29, 0.717) is 5.75 Å². The second-order valence-corrected chi connectivity index (χ2v) is 14.6. The Labute approximate surface area is 347 Å². The zero-order valence-corrected chi connectivity index (χ0v) is 33.8. The van der Waals surface area contributed by atoms with Crippen molar-refractivity contribution in [3.63, 3.8) is 0 Å². The molecule has 0 aliphatic carbocycles. The van der Waals surface area contributed by atoms with Crippen LogP contribution in [0.4, 0.5) is 0 Å². The van der Waals surface area contributed by atoms with Crippen molar-refractivity contribution in [1.82, 2.24) is 0 Å². The molecule has 0 radical (unpaired) electrons. The second-order valence-electron chi connectivity index (χ2n) is 14.6. The summed E-state index contributed by atoms with van der Waals surface area (Å²) in [5.74, 6) is -4.41. The maximum atomic E-state index is 14.8. The molecule has 0 spiro atoms. The van der Waals surface area contributed by atoms with Gasteiger partial charge in [-0.2, -0.15) is 0 Å². The Morgan fingerprint density at radius 2 is 1.59 bits per heavy atom. The number of carboxylic acid groups (broad SMARTS) is 1. The molecule has 336 valence electrons. The van der Waals surface area contributed by atoms with E-state index < -0.39 is 121 Å². The summed E-state index contributed by atoms with van der Waals surface area (Å²) in [6.07, 6.45) is -21.7. The summed E-state index contributed by atoms with van der Waals surface area (Å²) in [5, 5.41) is 94.6. The Hall–Kier alpha value is -4.91. The van der Waals surface area contributed by atoms with Gasteiger partial charge in [-0.25, -0.2) is 9.59 Å². The predicted octanol–water partition coefficient (Wildman–Crippen LogP) is -0.558. The Balaban J connectivity index is 1.71. The van der Waals surface area contributed by atoms with Crippen LogP contribution in [-0.4, -0.2) is 159 Å². The largest absolute Gasteiger partial charge is 0.507 e. The van der Waals surface area contributed by atoms with E-state index in [4.69, 9.17) is 37.6 Å². The molecule has 61 heavy (non-hydrogen) atoms. The average Bonchev–Trinajstić information content (AvgIpc) is 3.23. The minimum Gasteiger partial charge on any atom is -0.507 e. The lowest BCUT2D eigenvalue weighted by Crippen LogP contribution is -2.61. The van der Waals surface area contributed by atoms with Gasteiger partial charge >= 0.3 is 11.9 Å². The fraction of sp³-hybridized carbons (Fsp3) is 0.525. The first-order chi connectivity index (χ1) is 28.8. The molecule has 13 atom stereocenters. The number of rotatable bonds is 16. The number of ether oxygens (including phenoxy) is 8. The number of methoxy groups -OCH3 is 2. The monoisotopic (exact) mass is 866 g/mol. The molecule has 2 fully saturated rings. The molecule has 0 bridgehead atoms. The molecular formula is C40H50O21. The molecule has 2 saturated heterocycles. The summed E-state index contributed by atoms with van der Waals surface area (Å²) in [7, 11) is 2.34. The number of aliphatic carboxylic acids is 1. The number of esters is 1. The van der Waals surface area contributed by atoms with Gasteiger partial charge in [-0.3, -0.25) is 4.79 Å². The molecule has 0 amide bonds. The standard InChI is InChI=1S/C40H50O21/c1-15(2)7-12-20-22(57-38-30(48)28(46)26(44)23(14-41)58-38)13-21(42)24-27(45)34(32(59-33(20)24)18-8-10-19(53-5)11-9-18)60-40-35(29(47)25(43)16(3)55-40)61-39(31(49)37(52)54-6)56-17(4)36(50)51/h7-11,13,16-17,23,25-26,28-31,35,38-44,46-49H,12,14H2,1-6H3,(H,50,51)/t16-,17?,23+,25-,26+,28-,29+,30+,31?,35+,38+,39?,40-/m0/s1. The molecule has 3 heterocycles. The number of fused-ring (bicyclic) bond motifs is 1. The SMILES string of the molecule is COC(=O)C(O)C(OC(C)C(=O)O)O[C@H]1[C@H](Oc2c(-c3ccc(OC)cc3)oc3c(CC=C(C)C)c(O[C@@H]4O[C@H](CO)[C@@H](O)[C@H](O)[C@H]4O)cc(O)c3c2=O)O[C@@H](C)[C@H](O)[C@H]1O. The number of benzene rings is 2. The lowest BCUT2D eigenvalue weighted by molar-refractivity contribution is -0.324. The van der Waals surface area contributed by atoms with Crippen molar-refractivity contribution in [2.45, 2.75) is 114 Å². The zero-order chi connectivity index (χ0) is 45.0. The van der Waals surface area contributed by atoms with Crippen LogP contribution < -0.4 is 19.6 Å². The van der Waals surface area contributed by atoms with Gasteiger partial charge in [0.05, 0.1) is 26.9 Å². The highest BCUT2D eigenvalue weighted by Gasteiger charge is 2.49. The van der Waals surface area contributed by atoms with E-state index in [9.17, 15) is 60.3 Å². The molecule has 21 heteroatoms. The molecule has 3 unspecified atom stereocenters. The highest BCUT2D eigenvalue weighted by molar-refractivity contribution is 5.91. The highest BCUT2D eigenvalue weighted by atomic mass is 16.8. The topological polar surface area (TPSA) is 320 Å². The van der Waals surface area contributed by atoms with Crippen LogP contribution in [0.2, 0.25) is 0 Å². The highest BCUT2D eigenvalue weighted by Crippen LogP contribution is 2.42. The van der Waals surface area contributed by atoms with Crippen molar-refractivity contribution in [2.75, 3.05) is 20.8 Å². The third-order valence-electron chi connectivity index (χ3n) is 10.0. The molecule has 3 aromatic rings. The smallest absolute Gasteiger partial charge is 0.340 e. The van der Waals surface area contributed by atoms with Crippen LogP contribution in [0.3, 0.4) is 0 Å². The third-order valence-corrected chi connectivity index (χ3v) is 10.0. The first-order valence-corrected chi connectivity index (χ1v) is 18.9. The maximum Gasteiger partial charge on any atom is 0.340 e. The first-order valence-electron chi connectivity index (χ1n) is 18.9. The number of aliphatic hydroxyl groups is 7. The minimum absolute atomic E-state index is 0.0288. The number of phenolic OH excluding ortho intramolecular Hbond substituents is 1. The Bertz CT molecular complexity index is 2090. The molecule has 1 aromatic heterocycles. The number of hydrogen-bond acceptors (Lipinski definition) is 20. The number of allylic oxidation sites excluding steroid dienone is 2. The molecule has 21 nitrogen and oxygen atoms in total. The van der Waals surface area contributed by atoms with Crippen molar-refractivity contribution in [2.24, 2.45) is 0 Å². The van der Waals surface area contributed by atoms with Gasteiger partial charge in [0, 0.05) is 17.2 Å². The van der Waals surface area contributed by atoms with E-state index in [-0.39, 0.29) is 34.6 Å². The number of hydrogen-bond donors (Lipinski definition) is 9. The Morgan fingerprint density at radius 3 is 2.18 bits per heavy atom. The summed E-state index contributed by atoms with van der Waals surface area (Å²) in [5.41, 5.74) is -0.234. The van der Waals surface area contributed by atoms with E-state index >= 15 is 0 Å². The van der Waals surface area contributed by atoms with Crippen molar-refractivity contribution >= 4 is 22.9 Å². The molecule has 2 aliphatic rings. The summed E-state index contributed by atoms with van der Waals surface area (Å²) in [4.78, 5) is 38.8. The summed E-state index contributed by atoms with van der Waals surface area (Å²) < 4.78 is 50.8. The quantitative estimate of drug-likeness (QED) is 0.0495. The van der Waals surface area contributed by atoms with E-state index in [1.807, 2.05) is 0 Å². The van der Waals surface area contributed by atoms with Gasteiger partial charge in [0.2, 0.25) is 29.9 Å². The first kappa shape index (κ1) is 47.1. The van der Waals surface area contributed by atoms with Crippen LogP contribution in [-0.2, 0) is 39.7 Å². The van der Waals surface area contributed by atoms with Gasteiger partial charge in [-0.15, -0.1) is 0 Å². The number of aliphatic hydroxyl groups excluding tert-OH is 7. The Morgan fingerprint density at radius 1 is 0.918 bits per heavy atom. The molecule has 2 aliphatic heterocycles. The zero-order valence-electron chi connectivity index (χ0n) is 33.8. The van der Waals surface area contributed by atoms with Crippen LogP contribution in [0.1, 0.15) is 33.3 Å². The van der Waals surface area contributed by atoms with Gasteiger partial charge in [-0.05, 0) is 58.4 Å². The number of phenols is 1. The van der Waals surface area contributed by atoms with Crippen molar-refractivity contribution in [3.05, 3.63) is 57.8 Å². The van der Waals surface area contributed by atoms with Crippen molar-refractivity contribution in [1.29, 1.82) is 0 Å². The van der Waals surface area contributed by atoms with Crippen LogP contribution in [0.25, 0.3) is 22.3 Å². The summed E-state index contributed by atoms with van der Waals surface area (Å²) in [6, 6.07) is 7.03. The van der Waals surface area contributed by atoms with Crippen molar-refractivity contribution in [3.8, 4) is 34.3 Å².